The van der Waals surface area contributed by atoms with Gasteiger partial charge in [-0.15, -0.1) is 0 Å². The molecule has 0 saturated carbocycles. The number of halogens is 2. The Kier molecular flexibility index (Phi) is 9.66. The highest BCUT2D eigenvalue weighted by molar-refractivity contribution is 6.42. The number of likely N-dealkylation sites (N-methyl/N-ethyl adjacent to an activating group) is 1. The van der Waals surface area contributed by atoms with E-state index in [0.717, 1.165) is 54.0 Å². The van der Waals surface area contributed by atoms with Crippen LogP contribution >= 0.6 is 23.2 Å². The molecule has 2 aromatic rings. The Labute approximate surface area is 214 Å². The fourth-order valence-corrected chi connectivity index (χ4v) is 4.62. The minimum atomic E-state index is -0.0272. The number of carbonyl (C=O) groups is 1. The summed E-state index contributed by atoms with van der Waals surface area (Å²) < 4.78 is 6.89. The van der Waals surface area contributed by atoms with Crippen LogP contribution in [-0.2, 0) is 11.2 Å². The van der Waals surface area contributed by atoms with Crippen LogP contribution in [0.2, 0.25) is 10.0 Å². The number of nitrogens with zero attached hydrogens (tertiary/aromatic N) is 3. The number of carbonyl (C=O) groups excluding carboxylic acids is 1. The van der Waals surface area contributed by atoms with Crippen molar-refractivity contribution < 1.29 is 14.0 Å². The number of quaternary nitrogens is 1. The Morgan fingerprint density at radius 2 is 1.74 bits per heavy atom. The molecule has 7 heteroatoms. The molecule has 3 rings (SSSR count). The number of ether oxygens (including phenoxy) is 1. The third kappa shape index (κ3) is 8.16. The Balaban J connectivity index is 1.68. The zero-order valence-electron chi connectivity index (χ0n) is 20.9. The van der Waals surface area contributed by atoms with E-state index in [2.05, 4.69) is 38.2 Å². The van der Waals surface area contributed by atoms with Crippen LogP contribution in [0.4, 0.5) is 0 Å². The van der Waals surface area contributed by atoms with Gasteiger partial charge in [0.1, 0.15) is 5.75 Å². The Morgan fingerprint density at radius 3 is 2.35 bits per heavy atom. The number of likely N-dealkylation sites (tertiary alicyclic amines) is 1. The maximum Gasteiger partial charge on any atom is 0.227 e. The second-order valence-electron chi connectivity index (χ2n) is 10.2. The van der Waals surface area contributed by atoms with E-state index in [1.165, 1.54) is 12.8 Å². The molecule has 1 heterocycles. The second kappa shape index (κ2) is 12.3. The minimum absolute atomic E-state index is 0.0272. The number of hydrogen-bond acceptors (Lipinski definition) is 3. The van der Waals surface area contributed by atoms with E-state index in [1.54, 1.807) is 12.1 Å². The molecule has 0 aliphatic carbocycles. The van der Waals surface area contributed by atoms with Gasteiger partial charge < -0.3 is 19.0 Å². The van der Waals surface area contributed by atoms with Gasteiger partial charge in [0.2, 0.25) is 5.91 Å². The van der Waals surface area contributed by atoms with Crippen molar-refractivity contribution in [1.29, 1.82) is 0 Å². The van der Waals surface area contributed by atoms with Gasteiger partial charge in [0.05, 0.1) is 56.8 Å². The SMILES string of the molecule is CN(C(=O)Cc1ccc(Cl)c(Cl)c1)C(CN1CCCC1)c1ccc(OCCC[N+](C)(C)C)cc1. The molecule has 0 radical (unpaired) electrons. The summed E-state index contributed by atoms with van der Waals surface area (Å²) in [5.74, 6) is 0.929. The molecule has 1 amide bonds. The fourth-order valence-electron chi connectivity index (χ4n) is 4.30. The van der Waals surface area contributed by atoms with Gasteiger partial charge in [0, 0.05) is 20.0 Å². The molecular formula is C27H38Cl2N3O2+. The summed E-state index contributed by atoms with van der Waals surface area (Å²) in [5, 5.41) is 0.971. The monoisotopic (exact) mass is 506 g/mol. The van der Waals surface area contributed by atoms with E-state index in [0.29, 0.717) is 16.7 Å². The van der Waals surface area contributed by atoms with Crippen LogP contribution < -0.4 is 4.74 Å². The summed E-state index contributed by atoms with van der Waals surface area (Å²) in [4.78, 5) is 17.5. The minimum Gasteiger partial charge on any atom is -0.493 e. The van der Waals surface area contributed by atoms with E-state index < -0.39 is 0 Å². The molecule has 186 valence electrons. The number of amides is 1. The zero-order valence-corrected chi connectivity index (χ0v) is 22.4. The molecule has 34 heavy (non-hydrogen) atoms. The van der Waals surface area contributed by atoms with E-state index in [4.69, 9.17) is 27.9 Å². The summed E-state index contributed by atoms with van der Waals surface area (Å²) in [7, 11) is 8.47. The number of benzene rings is 2. The molecule has 1 fully saturated rings. The lowest BCUT2D eigenvalue weighted by Gasteiger charge is -2.32. The summed E-state index contributed by atoms with van der Waals surface area (Å²) in [6.45, 7) is 4.76. The molecule has 2 aromatic carbocycles. The van der Waals surface area contributed by atoms with Crippen molar-refractivity contribution in [3.8, 4) is 5.75 Å². The van der Waals surface area contributed by atoms with E-state index in [-0.39, 0.29) is 18.4 Å². The molecule has 0 spiro atoms. The van der Waals surface area contributed by atoms with Crippen LogP contribution in [-0.4, -0.2) is 81.2 Å². The van der Waals surface area contributed by atoms with Crippen molar-refractivity contribution in [2.24, 2.45) is 0 Å². The van der Waals surface area contributed by atoms with Gasteiger partial charge in [-0.25, -0.2) is 0 Å². The van der Waals surface area contributed by atoms with Crippen LogP contribution in [0.3, 0.4) is 0 Å². The van der Waals surface area contributed by atoms with Crippen LogP contribution in [0.1, 0.15) is 36.4 Å². The van der Waals surface area contributed by atoms with Gasteiger partial charge in [0.25, 0.3) is 0 Å². The topological polar surface area (TPSA) is 32.8 Å². The van der Waals surface area contributed by atoms with Crippen LogP contribution in [0, 0.1) is 0 Å². The van der Waals surface area contributed by atoms with Gasteiger partial charge in [-0.05, 0) is 61.3 Å². The highest BCUT2D eigenvalue weighted by atomic mass is 35.5. The summed E-state index contributed by atoms with van der Waals surface area (Å²) in [6.07, 6.45) is 3.73. The summed E-state index contributed by atoms with van der Waals surface area (Å²) in [5.41, 5.74) is 1.99. The first-order valence-electron chi connectivity index (χ1n) is 12.1. The maximum atomic E-state index is 13.2. The van der Waals surface area contributed by atoms with Crippen LogP contribution in [0.5, 0.6) is 5.75 Å². The Morgan fingerprint density at radius 1 is 1.06 bits per heavy atom. The third-order valence-corrected chi connectivity index (χ3v) is 7.08. The first kappa shape index (κ1) is 26.8. The van der Waals surface area contributed by atoms with E-state index in [9.17, 15) is 4.79 Å². The Hall–Kier alpha value is -1.79. The van der Waals surface area contributed by atoms with Crippen molar-refractivity contribution >= 4 is 29.1 Å². The highest BCUT2D eigenvalue weighted by Gasteiger charge is 2.26. The van der Waals surface area contributed by atoms with Crippen molar-refractivity contribution in [2.45, 2.75) is 31.7 Å². The lowest BCUT2D eigenvalue weighted by Crippen LogP contribution is -2.39. The first-order chi connectivity index (χ1) is 16.1. The average Bonchev–Trinajstić information content (AvgIpc) is 3.30. The van der Waals surface area contributed by atoms with Gasteiger partial charge in [-0.3, -0.25) is 4.79 Å². The first-order valence-corrected chi connectivity index (χ1v) is 12.8. The lowest BCUT2D eigenvalue weighted by molar-refractivity contribution is -0.870. The normalized spacial score (nSPS) is 15.4. The quantitative estimate of drug-likeness (QED) is 0.306. The molecule has 1 aliphatic rings. The molecular weight excluding hydrogens is 469 g/mol. The maximum absolute atomic E-state index is 13.2. The predicted molar refractivity (Wildman–Crippen MR) is 141 cm³/mol. The zero-order chi connectivity index (χ0) is 24.7. The van der Waals surface area contributed by atoms with E-state index in [1.807, 2.05) is 30.1 Å². The largest absolute Gasteiger partial charge is 0.493 e. The molecule has 0 aromatic heterocycles. The highest BCUT2D eigenvalue weighted by Crippen LogP contribution is 2.27. The average molecular weight is 508 g/mol. The molecule has 1 atom stereocenters. The predicted octanol–water partition coefficient (Wildman–Crippen LogP) is 5.31. The van der Waals surface area contributed by atoms with Crippen molar-refractivity contribution in [3.63, 3.8) is 0 Å². The molecule has 1 unspecified atom stereocenters. The molecule has 5 nitrogen and oxygen atoms in total. The van der Waals surface area contributed by atoms with Crippen molar-refractivity contribution in [2.75, 3.05) is 61.0 Å². The third-order valence-electron chi connectivity index (χ3n) is 6.34. The standard InChI is InChI=1S/C27H38Cl2N3O2/c1-30(27(33)19-21-8-13-24(28)25(29)18-21)26(20-31-14-5-6-15-31)22-9-11-23(12-10-22)34-17-7-16-32(2,3)4/h8-13,18,26H,5-7,14-17,19-20H2,1-4H3/q+1. The van der Waals surface area contributed by atoms with Gasteiger partial charge >= 0.3 is 0 Å². The van der Waals surface area contributed by atoms with Gasteiger partial charge in [0.15, 0.2) is 0 Å². The number of hydrogen-bond donors (Lipinski definition) is 0. The van der Waals surface area contributed by atoms with Gasteiger partial charge in [-0.1, -0.05) is 41.4 Å². The molecule has 0 N–H and O–H groups in total. The Bertz CT molecular complexity index is 938. The smallest absolute Gasteiger partial charge is 0.227 e. The fraction of sp³-hybridized carbons (Fsp3) is 0.519. The van der Waals surface area contributed by atoms with Gasteiger partial charge in [-0.2, -0.15) is 0 Å². The molecule has 1 saturated heterocycles. The summed E-state index contributed by atoms with van der Waals surface area (Å²) in [6, 6.07) is 13.6. The molecule has 1 aliphatic heterocycles. The summed E-state index contributed by atoms with van der Waals surface area (Å²) >= 11 is 12.2. The number of rotatable bonds is 11. The van der Waals surface area contributed by atoms with E-state index >= 15 is 0 Å². The van der Waals surface area contributed by atoms with Crippen molar-refractivity contribution in [1.82, 2.24) is 9.80 Å². The lowest BCUT2D eigenvalue weighted by atomic mass is 10.0. The van der Waals surface area contributed by atoms with Crippen molar-refractivity contribution in [3.05, 3.63) is 63.6 Å². The van der Waals surface area contributed by atoms with Crippen LogP contribution in [0.25, 0.3) is 0 Å². The van der Waals surface area contributed by atoms with Crippen LogP contribution in [0.15, 0.2) is 42.5 Å². The molecule has 0 bridgehead atoms. The second-order valence-corrected chi connectivity index (χ2v) is 11.1.